The fourth-order valence-electron chi connectivity index (χ4n) is 1.63. The molecular formula is C15H18F2O6Si. The van der Waals surface area contributed by atoms with E-state index in [1.54, 1.807) is 0 Å². The summed E-state index contributed by atoms with van der Waals surface area (Å²) in [5.41, 5.74) is 0. The molecule has 24 heavy (non-hydrogen) atoms. The van der Waals surface area contributed by atoms with Crippen LogP contribution < -0.4 is 5.19 Å². The fourth-order valence-corrected chi connectivity index (χ4v) is 4.07. The van der Waals surface area contributed by atoms with Crippen LogP contribution in [0.15, 0.2) is 18.2 Å². The average Bonchev–Trinajstić information content (AvgIpc) is 2.53. The molecule has 0 saturated heterocycles. The number of halogens is 2. The van der Waals surface area contributed by atoms with Crippen molar-refractivity contribution in [3.05, 3.63) is 29.8 Å². The van der Waals surface area contributed by atoms with Crippen molar-refractivity contribution < 1.29 is 36.4 Å². The van der Waals surface area contributed by atoms with Gasteiger partial charge in [-0.3, -0.25) is 14.4 Å². The molecule has 0 heterocycles. The molecule has 1 aromatic rings. The predicted molar refractivity (Wildman–Crippen MR) is 80.9 cm³/mol. The molecule has 1 aromatic carbocycles. The minimum absolute atomic E-state index is 0.120. The molecule has 0 aliphatic rings. The molecule has 0 atom stereocenters. The van der Waals surface area contributed by atoms with Crippen LogP contribution in [-0.2, 0) is 27.7 Å². The summed E-state index contributed by atoms with van der Waals surface area (Å²) >= 11 is 0. The summed E-state index contributed by atoms with van der Waals surface area (Å²) in [5, 5.41) is -0.464. The normalized spacial score (nSPS) is 10.9. The lowest BCUT2D eigenvalue weighted by Crippen LogP contribution is -2.60. The van der Waals surface area contributed by atoms with E-state index in [-0.39, 0.29) is 19.3 Å². The van der Waals surface area contributed by atoms with Gasteiger partial charge in [0.25, 0.3) is 17.9 Å². The molecule has 0 aromatic heterocycles. The Kier molecular flexibility index (Phi) is 7.02. The van der Waals surface area contributed by atoms with E-state index in [0.29, 0.717) is 6.07 Å². The van der Waals surface area contributed by atoms with Crippen molar-refractivity contribution in [3.63, 3.8) is 0 Å². The second-order valence-corrected chi connectivity index (χ2v) is 6.93. The lowest BCUT2D eigenvalue weighted by Gasteiger charge is -2.27. The van der Waals surface area contributed by atoms with Gasteiger partial charge in [0.1, 0.15) is 11.6 Å². The predicted octanol–water partition coefficient (Wildman–Crippen LogP) is 1.97. The molecule has 9 heteroatoms. The van der Waals surface area contributed by atoms with Crippen molar-refractivity contribution in [1.29, 1.82) is 0 Å². The third-order valence-electron chi connectivity index (χ3n) is 2.87. The molecular weight excluding hydrogens is 342 g/mol. The molecule has 6 nitrogen and oxygen atoms in total. The summed E-state index contributed by atoms with van der Waals surface area (Å²) in [4.78, 5) is 35.3. The van der Waals surface area contributed by atoms with Gasteiger partial charge in [0.15, 0.2) is 0 Å². The van der Waals surface area contributed by atoms with E-state index in [1.807, 2.05) is 0 Å². The summed E-state index contributed by atoms with van der Waals surface area (Å²) in [6, 6.07) is 2.35. The van der Waals surface area contributed by atoms with Gasteiger partial charge in [-0.05, 0) is 12.1 Å². The zero-order chi connectivity index (χ0) is 18.3. The van der Waals surface area contributed by atoms with Gasteiger partial charge in [-0.2, -0.15) is 0 Å². The minimum atomic E-state index is -4.58. The van der Waals surface area contributed by atoms with Crippen LogP contribution in [0.2, 0.25) is 0 Å². The first-order valence-corrected chi connectivity index (χ1v) is 9.11. The van der Waals surface area contributed by atoms with E-state index < -0.39 is 43.5 Å². The Morgan fingerprint density at radius 3 is 1.62 bits per heavy atom. The molecule has 0 aliphatic heterocycles. The van der Waals surface area contributed by atoms with E-state index in [2.05, 4.69) is 0 Å². The monoisotopic (exact) mass is 360 g/mol. The third kappa shape index (κ3) is 4.85. The van der Waals surface area contributed by atoms with Crippen LogP contribution in [0.5, 0.6) is 0 Å². The number of carbonyl (C=O) groups excluding carboxylic acids is 3. The molecule has 0 saturated carbocycles. The van der Waals surface area contributed by atoms with Crippen LogP contribution in [0, 0.1) is 11.6 Å². The zero-order valence-corrected chi connectivity index (χ0v) is 14.6. The Labute approximate surface area is 139 Å². The zero-order valence-electron chi connectivity index (χ0n) is 13.6. The van der Waals surface area contributed by atoms with E-state index in [9.17, 15) is 23.2 Å². The second-order valence-electron chi connectivity index (χ2n) is 4.66. The summed E-state index contributed by atoms with van der Waals surface area (Å²) < 4.78 is 42.7. The second kappa shape index (κ2) is 8.53. The van der Waals surface area contributed by atoms with Crippen LogP contribution in [0.3, 0.4) is 0 Å². The lowest BCUT2D eigenvalue weighted by molar-refractivity contribution is -0.149. The summed E-state index contributed by atoms with van der Waals surface area (Å²) in [6.45, 7) is 4.39. The van der Waals surface area contributed by atoms with Crippen molar-refractivity contribution in [2.75, 3.05) is 0 Å². The topological polar surface area (TPSA) is 78.9 Å². The first-order valence-electron chi connectivity index (χ1n) is 7.39. The van der Waals surface area contributed by atoms with Crippen LogP contribution in [-0.4, -0.2) is 26.7 Å². The van der Waals surface area contributed by atoms with E-state index in [4.69, 9.17) is 13.3 Å². The van der Waals surface area contributed by atoms with Crippen molar-refractivity contribution >= 4 is 31.9 Å². The van der Waals surface area contributed by atoms with Gasteiger partial charge in [-0.25, -0.2) is 8.78 Å². The Balaban J connectivity index is 3.49. The van der Waals surface area contributed by atoms with Crippen LogP contribution in [0.1, 0.15) is 40.0 Å². The number of carbonyl (C=O) groups is 3. The molecule has 1 rings (SSSR count). The van der Waals surface area contributed by atoms with Crippen molar-refractivity contribution in [2.24, 2.45) is 0 Å². The number of rotatable bonds is 7. The van der Waals surface area contributed by atoms with Crippen molar-refractivity contribution in [2.45, 2.75) is 40.0 Å². The van der Waals surface area contributed by atoms with Gasteiger partial charge >= 0.3 is 8.80 Å². The smallest absolute Gasteiger partial charge is 0.452 e. The highest BCUT2D eigenvalue weighted by Crippen LogP contribution is 2.17. The lowest BCUT2D eigenvalue weighted by atomic mass is 10.3. The van der Waals surface area contributed by atoms with Gasteiger partial charge in [-0.1, -0.05) is 20.8 Å². The fraction of sp³-hybridized carbons (Fsp3) is 0.400. The molecule has 0 N–H and O–H groups in total. The molecule has 0 unspecified atom stereocenters. The molecule has 0 aliphatic carbocycles. The van der Waals surface area contributed by atoms with Crippen molar-refractivity contribution in [3.8, 4) is 0 Å². The quantitative estimate of drug-likeness (QED) is 0.692. The highest BCUT2D eigenvalue weighted by molar-refractivity contribution is 6.79. The molecule has 0 bridgehead atoms. The summed E-state index contributed by atoms with van der Waals surface area (Å²) in [7, 11) is -4.58. The molecule has 0 amide bonds. The van der Waals surface area contributed by atoms with Gasteiger partial charge in [-0.15, -0.1) is 0 Å². The Morgan fingerprint density at radius 1 is 0.875 bits per heavy atom. The summed E-state index contributed by atoms with van der Waals surface area (Å²) in [6.07, 6.45) is -0.360. The Morgan fingerprint density at radius 2 is 1.29 bits per heavy atom. The minimum Gasteiger partial charge on any atom is -0.452 e. The molecule has 0 radical (unpaired) electrons. The van der Waals surface area contributed by atoms with Gasteiger partial charge in [0, 0.05) is 25.3 Å². The standard InChI is InChI=1S/C15H18F2O6Si/c1-4-13(18)21-24(22-14(19)5-2,23-15(20)6-3)12-8-7-10(16)9-11(12)17/h7-9H,4-6H2,1-3H3. The van der Waals surface area contributed by atoms with E-state index in [1.165, 1.54) is 20.8 Å². The molecule has 0 spiro atoms. The first-order chi connectivity index (χ1) is 11.3. The van der Waals surface area contributed by atoms with E-state index in [0.717, 1.165) is 12.1 Å². The number of benzene rings is 1. The van der Waals surface area contributed by atoms with Crippen LogP contribution >= 0.6 is 0 Å². The maximum atomic E-state index is 14.2. The van der Waals surface area contributed by atoms with Gasteiger partial charge in [0.05, 0.1) is 5.19 Å². The Bertz CT molecular complexity index is 589. The molecule has 0 fully saturated rings. The maximum Gasteiger partial charge on any atom is 0.745 e. The Hall–Kier alpha value is -2.29. The number of hydrogen-bond acceptors (Lipinski definition) is 6. The van der Waals surface area contributed by atoms with Gasteiger partial charge < -0.3 is 13.3 Å². The highest BCUT2D eigenvalue weighted by atomic mass is 28.4. The largest absolute Gasteiger partial charge is 0.745 e. The highest BCUT2D eigenvalue weighted by Gasteiger charge is 2.57. The molecule has 132 valence electrons. The SMILES string of the molecule is CCC(=O)O[Si](OC(=O)CC)(OC(=O)CC)c1ccc(F)cc1F. The third-order valence-corrected chi connectivity index (χ3v) is 5.43. The van der Waals surface area contributed by atoms with E-state index >= 15 is 0 Å². The average molecular weight is 360 g/mol. The van der Waals surface area contributed by atoms with Crippen LogP contribution in [0.25, 0.3) is 0 Å². The first kappa shape index (κ1) is 19.8. The number of hydrogen-bond donors (Lipinski definition) is 0. The van der Waals surface area contributed by atoms with Crippen LogP contribution in [0.4, 0.5) is 8.78 Å². The maximum absolute atomic E-state index is 14.2. The van der Waals surface area contributed by atoms with Crippen molar-refractivity contribution in [1.82, 2.24) is 0 Å². The summed E-state index contributed by atoms with van der Waals surface area (Å²) in [5.74, 6) is -4.57. The van der Waals surface area contributed by atoms with Gasteiger partial charge in [0.2, 0.25) is 0 Å².